The molecule has 0 aliphatic heterocycles. The van der Waals surface area contributed by atoms with Gasteiger partial charge >= 0.3 is 5.97 Å². The van der Waals surface area contributed by atoms with Crippen LogP contribution in [0.5, 0.6) is 0 Å². The minimum absolute atomic E-state index is 0.257. The maximum atomic E-state index is 11.2. The van der Waals surface area contributed by atoms with Crippen LogP contribution in [0.2, 0.25) is 0 Å². The highest BCUT2D eigenvalue weighted by Crippen LogP contribution is 2.12. The van der Waals surface area contributed by atoms with E-state index in [2.05, 4.69) is 25.6 Å². The maximum Gasteiger partial charge on any atom is 0.333 e. The lowest BCUT2D eigenvalue weighted by Gasteiger charge is -2.08. The predicted molar refractivity (Wildman–Crippen MR) is 104 cm³/mol. The van der Waals surface area contributed by atoms with E-state index in [1.807, 2.05) is 0 Å². The van der Waals surface area contributed by atoms with Gasteiger partial charge < -0.3 is 9.64 Å². The molecule has 3 nitrogen and oxygen atoms in total. The van der Waals surface area contributed by atoms with E-state index in [1.165, 1.54) is 77.2 Å². The standard InChI is InChI=1S/C21H41NO2/c1-20(2)21(23)24-19-17-15-13-11-9-7-5-6-8-10-12-14-16-18-22(3)4/h1,5-19H2,2-4H3. The Labute approximate surface area is 150 Å². The van der Waals surface area contributed by atoms with E-state index in [1.54, 1.807) is 6.92 Å². The molecule has 24 heavy (non-hydrogen) atoms. The summed E-state index contributed by atoms with van der Waals surface area (Å²) in [7, 11) is 4.30. The van der Waals surface area contributed by atoms with Gasteiger partial charge in [-0.1, -0.05) is 77.2 Å². The third-order valence-corrected chi connectivity index (χ3v) is 4.33. The van der Waals surface area contributed by atoms with Crippen molar-refractivity contribution in [2.24, 2.45) is 0 Å². The van der Waals surface area contributed by atoms with Crippen molar-refractivity contribution in [1.82, 2.24) is 4.90 Å². The summed E-state index contributed by atoms with van der Waals surface area (Å²) in [5.41, 5.74) is 0.489. The summed E-state index contributed by atoms with van der Waals surface area (Å²) in [6.07, 6.45) is 17.2. The molecule has 3 heteroatoms. The Kier molecular flexibility index (Phi) is 16.4. The Morgan fingerprint density at radius 3 is 1.50 bits per heavy atom. The first-order valence-corrected chi connectivity index (χ1v) is 10.0. The minimum atomic E-state index is -0.257. The smallest absolute Gasteiger partial charge is 0.333 e. The summed E-state index contributed by atoms with van der Waals surface area (Å²) in [4.78, 5) is 13.5. The number of hydrogen-bond donors (Lipinski definition) is 0. The zero-order valence-electron chi connectivity index (χ0n) is 16.6. The van der Waals surface area contributed by atoms with E-state index in [0.717, 1.165) is 12.8 Å². The highest BCUT2D eigenvalue weighted by molar-refractivity contribution is 5.86. The van der Waals surface area contributed by atoms with Crippen LogP contribution >= 0.6 is 0 Å². The molecular weight excluding hydrogens is 298 g/mol. The van der Waals surface area contributed by atoms with E-state index in [9.17, 15) is 4.79 Å². The molecule has 0 spiro atoms. The summed E-state index contributed by atoms with van der Waals surface area (Å²) in [6.45, 7) is 7.04. The van der Waals surface area contributed by atoms with E-state index < -0.39 is 0 Å². The van der Waals surface area contributed by atoms with Crippen molar-refractivity contribution < 1.29 is 9.53 Å². The van der Waals surface area contributed by atoms with Gasteiger partial charge in [-0.15, -0.1) is 0 Å². The summed E-state index contributed by atoms with van der Waals surface area (Å²) in [6, 6.07) is 0. The Balaban J connectivity index is 3.08. The average Bonchev–Trinajstić information content (AvgIpc) is 2.53. The normalized spacial score (nSPS) is 11.0. The first-order chi connectivity index (χ1) is 11.5. The number of carbonyl (C=O) groups excluding carboxylic acids is 1. The fraction of sp³-hybridized carbons (Fsp3) is 0.857. The third-order valence-electron chi connectivity index (χ3n) is 4.33. The predicted octanol–water partition coefficient (Wildman–Crippen LogP) is 5.74. The number of unbranched alkanes of at least 4 members (excludes halogenated alkanes) is 12. The van der Waals surface area contributed by atoms with Crippen LogP contribution in [-0.2, 0) is 9.53 Å². The molecule has 0 unspecified atom stereocenters. The number of esters is 1. The zero-order chi connectivity index (χ0) is 18.0. The Morgan fingerprint density at radius 1 is 0.750 bits per heavy atom. The van der Waals surface area contributed by atoms with Gasteiger partial charge in [-0.2, -0.15) is 0 Å². The molecule has 0 saturated heterocycles. The molecule has 142 valence electrons. The van der Waals surface area contributed by atoms with Crippen molar-refractivity contribution in [3.8, 4) is 0 Å². The van der Waals surface area contributed by atoms with Gasteiger partial charge in [0.15, 0.2) is 0 Å². The number of rotatable bonds is 17. The molecule has 0 amide bonds. The first-order valence-electron chi connectivity index (χ1n) is 10.0. The van der Waals surface area contributed by atoms with Crippen LogP contribution in [0.4, 0.5) is 0 Å². The quantitative estimate of drug-likeness (QED) is 0.192. The molecule has 0 saturated carbocycles. The molecular formula is C21H41NO2. The van der Waals surface area contributed by atoms with Crippen LogP contribution in [-0.4, -0.2) is 38.1 Å². The average molecular weight is 340 g/mol. The second-order valence-corrected chi connectivity index (χ2v) is 7.32. The molecule has 0 aromatic rings. The fourth-order valence-corrected chi connectivity index (χ4v) is 2.76. The zero-order valence-corrected chi connectivity index (χ0v) is 16.6. The molecule has 0 aliphatic rings. The van der Waals surface area contributed by atoms with Crippen molar-refractivity contribution in [2.75, 3.05) is 27.2 Å². The molecule has 0 radical (unpaired) electrons. The summed E-state index contributed by atoms with van der Waals surface area (Å²) >= 11 is 0. The van der Waals surface area contributed by atoms with Crippen LogP contribution < -0.4 is 0 Å². The summed E-state index contributed by atoms with van der Waals surface area (Å²) < 4.78 is 5.08. The molecule has 0 atom stereocenters. The van der Waals surface area contributed by atoms with Gasteiger partial charge in [0.25, 0.3) is 0 Å². The van der Waals surface area contributed by atoms with Gasteiger partial charge in [-0.3, -0.25) is 0 Å². The van der Waals surface area contributed by atoms with E-state index in [-0.39, 0.29) is 5.97 Å². The van der Waals surface area contributed by atoms with Crippen LogP contribution in [0, 0.1) is 0 Å². The van der Waals surface area contributed by atoms with Gasteiger partial charge in [0, 0.05) is 5.57 Å². The van der Waals surface area contributed by atoms with Gasteiger partial charge in [0.1, 0.15) is 0 Å². The number of hydrogen-bond acceptors (Lipinski definition) is 3. The van der Waals surface area contributed by atoms with Crippen molar-refractivity contribution in [2.45, 2.75) is 90.4 Å². The number of ether oxygens (including phenoxy) is 1. The van der Waals surface area contributed by atoms with Crippen molar-refractivity contribution in [3.63, 3.8) is 0 Å². The van der Waals surface area contributed by atoms with E-state index in [0.29, 0.717) is 12.2 Å². The molecule has 0 aromatic carbocycles. The highest BCUT2D eigenvalue weighted by atomic mass is 16.5. The van der Waals surface area contributed by atoms with Gasteiger partial charge in [0.05, 0.1) is 6.61 Å². The van der Waals surface area contributed by atoms with Gasteiger partial charge in [-0.25, -0.2) is 4.79 Å². The minimum Gasteiger partial charge on any atom is -0.462 e. The van der Waals surface area contributed by atoms with Crippen LogP contribution in [0.25, 0.3) is 0 Å². The van der Waals surface area contributed by atoms with Crippen LogP contribution in [0.15, 0.2) is 12.2 Å². The van der Waals surface area contributed by atoms with Crippen molar-refractivity contribution in [1.29, 1.82) is 0 Å². The number of nitrogens with zero attached hydrogens (tertiary/aromatic N) is 1. The second-order valence-electron chi connectivity index (χ2n) is 7.32. The maximum absolute atomic E-state index is 11.2. The number of carbonyl (C=O) groups is 1. The molecule has 0 N–H and O–H groups in total. The van der Waals surface area contributed by atoms with Crippen LogP contribution in [0.3, 0.4) is 0 Å². The Morgan fingerprint density at radius 2 is 1.12 bits per heavy atom. The van der Waals surface area contributed by atoms with Gasteiger partial charge in [-0.05, 0) is 40.4 Å². The summed E-state index contributed by atoms with van der Waals surface area (Å²) in [5.74, 6) is -0.257. The largest absolute Gasteiger partial charge is 0.462 e. The lowest BCUT2D eigenvalue weighted by molar-refractivity contribution is -0.139. The van der Waals surface area contributed by atoms with Gasteiger partial charge in [0.2, 0.25) is 0 Å². The van der Waals surface area contributed by atoms with Crippen molar-refractivity contribution >= 4 is 5.97 Å². The van der Waals surface area contributed by atoms with E-state index >= 15 is 0 Å². The van der Waals surface area contributed by atoms with Crippen LogP contribution in [0.1, 0.15) is 90.4 Å². The third kappa shape index (κ3) is 17.5. The lowest BCUT2D eigenvalue weighted by atomic mass is 10.0. The molecule has 0 aromatic heterocycles. The molecule has 0 fully saturated rings. The molecule has 0 bridgehead atoms. The first kappa shape index (κ1) is 23.2. The second kappa shape index (κ2) is 17.0. The SMILES string of the molecule is C=C(C)C(=O)OCCCCCCCCCCCCCCCN(C)C. The highest BCUT2D eigenvalue weighted by Gasteiger charge is 2.01. The topological polar surface area (TPSA) is 29.5 Å². The molecule has 0 aliphatic carbocycles. The monoisotopic (exact) mass is 339 g/mol. The molecule has 0 rings (SSSR count). The Bertz CT molecular complexity index is 313. The Hall–Kier alpha value is -0.830. The fourth-order valence-electron chi connectivity index (χ4n) is 2.76. The van der Waals surface area contributed by atoms with E-state index in [4.69, 9.17) is 4.74 Å². The lowest BCUT2D eigenvalue weighted by Crippen LogP contribution is -2.12. The molecule has 0 heterocycles. The summed E-state index contributed by atoms with van der Waals surface area (Å²) in [5, 5.41) is 0. The van der Waals surface area contributed by atoms with Crippen molar-refractivity contribution in [3.05, 3.63) is 12.2 Å².